The Bertz CT molecular complexity index is 889. The van der Waals surface area contributed by atoms with Crippen LogP contribution in [0.2, 0.25) is 0 Å². The standard InChI is InChI=1S/C18H18BrN3O4S/c1-3-8-26-16-7-4-12(10-14(16)19)17(23)21-18(27)20-15-6-5-13(22(24)25)9-11(15)2/h4-7,9-10H,3,8H2,1-2H3,(H2,20,21,23,27). The Balaban J connectivity index is 2.02. The number of carbonyl (C=O) groups is 1. The highest BCUT2D eigenvalue weighted by atomic mass is 79.9. The Hall–Kier alpha value is -2.52. The maximum absolute atomic E-state index is 12.4. The third-order valence-corrected chi connectivity index (χ3v) is 4.38. The van der Waals surface area contributed by atoms with Gasteiger partial charge in [-0.15, -0.1) is 0 Å². The maximum atomic E-state index is 12.4. The minimum atomic E-state index is -0.470. The predicted octanol–water partition coefficient (Wildman–Crippen LogP) is 4.58. The molecule has 7 nitrogen and oxygen atoms in total. The average Bonchev–Trinajstić information content (AvgIpc) is 2.62. The molecule has 0 saturated heterocycles. The van der Waals surface area contributed by atoms with Crippen molar-refractivity contribution in [3.8, 4) is 5.75 Å². The van der Waals surface area contributed by atoms with E-state index in [2.05, 4.69) is 26.6 Å². The number of hydrogen-bond donors (Lipinski definition) is 2. The molecular formula is C18H18BrN3O4S. The summed E-state index contributed by atoms with van der Waals surface area (Å²) in [4.78, 5) is 22.7. The van der Waals surface area contributed by atoms with E-state index >= 15 is 0 Å². The number of ether oxygens (including phenoxy) is 1. The lowest BCUT2D eigenvalue weighted by Crippen LogP contribution is -2.34. The summed E-state index contributed by atoms with van der Waals surface area (Å²) in [5, 5.41) is 16.3. The number of anilines is 1. The van der Waals surface area contributed by atoms with E-state index < -0.39 is 4.92 Å². The number of thiocarbonyl (C=S) groups is 1. The second-order valence-corrected chi connectivity index (χ2v) is 6.92. The number of carbonyl (C=O) groups excluding carboxylic acids is 1. The van der Waals surface area contributed by atoms with Crippen molar-refractivity contribution in [3.63, 3.8) is 0 Å². The van der Waals surface area contributed by atoms with Gasteiger partial charge in [-0.25, -0.2) is 0 Å². The number of nitrogens with zero attached hydrogens (tertiary/aromatic N) is 1. The van der Waals surface area contributed by atoms with E-state index in [0.717, 1.165) is 6.42 Å². The highest BCUT2D eigenvalue weighted by molar-refractivity contribution is 9.10. The zero-order chi connectivity index (χ0) is 20.0. The molecule has 0 saturated carbocycles. The number of nitrogens with one attached hydrogen (secondary N) is 2. The lowest BCUT2D eigenvalue weighted by molar-refractivity contribution is -0.384. The lowest BCUT2D eigenvalue weighted by Gasteiger charge is -2.12. The topological polar surface area (TPSA) is 93.5 Å². The van der Waals surface area contributed by atoms with Gasteiger partial charge in [0.15, 0.2) is 5.11 Å². The van der Waals surface area contributed by atoms with Crippen LogP contribution in [-0.4, -0.2) is 22.5 Å². The molecule has 0 atom stereocenters. The van der Waals surface area contributed by atoms with Crippen LogP contribution >= 0.6 is 28.1 Å². The van der Waals surface area contributed by atoms with E-state index in [1.165, 1.54) is 12.1 Å². The predicted molar refractivity (Wildman–Crippen MR) is 111 cm³/mol. The Morgan fingerprint density at radius 3 is 2.63 bits per heavy atom. The molecule has 0 spiro atoms. The van der Waals surface area contributed by atoms with E-state index in [9.17, 15) is 14.9 Å². The number of non-ortho nitro benzene ring substituents is 1. The summed E-state index contributed by atoms with van der Waals surface area (Å²) in [6, 6.07) is 9.35. The first-order chi connectivity index (χ1) is 12.8. The molecule has 0 unspecified atom stereocenters. The van der Waals surface area contributed by atoms with Crippen LogP contribution in [0.25, 0.3) is 0 Å². The van der Waals surface area contributed by atoms with E-state index in [4.69, 9.17) is 17.0 Å². The van der Waals surface area contributed by atoms with Gasteiger partial charge in [-0.3, -0.25) is 20.2 Å². The summed E-state index contributed by atoms with van der Waals surface area (Å²) >= 11 is 8.54. The van der Waals surface area contributed by atoms with E-state index in [1.54, 1.807) is 31.2 Å². The molecule has 142 valence electrons. The molecule has 0 bridgehead atoms. The lowest BCUT2D eigenvalue weighted by atomic mass is 10.2. The van der Waals surface area contributed by atoms with Crippen LogP contribution in [0.5, 0.6) is 5.75 Å². The van der Waals surface area contributed by atoms with Crippen molar-refractivity contribution in [3.05, 3.63) is 62.1 Å². The van der Waals surface area contributed by atoms with Crippen molar-refractivity contribution < 1.29 is 14.5 Å². The van der Waals surface area contributed by atoms with Gasteiger partial charge in [0, 0.05) is 23.4 Å². The van der Waals surface area contributed by atoms with Crippen LogP contribution in [0.4, 0.5) is 11.4 Å². The van der Waals surface area contributed by atoms with Gasteiger partial charge in [0.05, 0.1) is 16.0 Å². The van der Waals surface area contributed by atoms with Crippen LogP contribution in [0.15, 0.2) is 40.9 Å². The molecule has 0 aliphatic carbocycles. The van der Waals surface area contributed by atoms with E-state index in [0.29, 0.717) is 33.6 Å². The van der Waals surface area contributed by atoms with Gasteiger partial charge in [0.25, 0.3) is 11.6 Å². The largest absolute Gasteiger partial charge is 0.492 e. The summed E-state index contributed by atoms with van der Waals surface area (Å²) in [7, 11) is 0. The molecular weight excluding hydrogens is 434 g/mol. The number of rotatable bonds is 6. The quantitative estimate of drug-likeness (QED) is 0.379. The summed E-state index contributed by atoms with van der Waals surface area (Å²) in [6.45, 7) is 4.31. The van der Waals surface area contributed by atoms with Crippen molar-refractivity contribution in [2.24, 2.45) is 0 Å². The molecule has 0 heterocycles. The van der Waals surface area contributed by atoms with Gasteiger partial charge in [0.1, 0.15) is 5.75 Å². The van der Waals surface area contributed by atoms with Crippen molar-refractivity contribution >= 4 is 50.5 Å². The minimum Gasteiger partial charge on any atom is -0.492 e. The third kappa shape index (κ3) is 5.73. The van der Waals surface area contributed by atoms with E-state index in [1.807, 2.05) is 6.92 Å². The molecule has 27 heavy (non-hydrogen) atoms. The van der Waals surface area contributed by atoms with Crippen LogP contribution in [0.1, 0.15) is 29.3 Å². The number of nitro benzene ring substituents is 1. The molecule has 2 aromatic carbocycles. The molecule has 1 amide bonds. The highest BCUT2D eigenvalue weighted by Crippen LogP contribution is 2.26. The molecule has 9 heteroatoms. The first-order valence-electron chi connectivity index (χ1n) is 8.11. The van der Waals surface area contributed by atoms with Gasteiger partial charge < -0.3 is 10.1 Å². The molecule has 2 rings (SSSR count). The first-order valence-corrected chi connectivity index (χ1v) is 9.31. The highest BCUT2D eigenvalue weighted by Gasteiger charge is 2.13. The minimum absolute atomic E-state index is 0.0109. The normalized spacial score (nSPS) is 10.2. The van der Waals surface area contributed by atoms with Crippen molar-refractivity contribution in [2.45, 2.75) is 20.3 Å². The first kappa shape index (κ1) is 20.8. The summed E-state index contributed by atoms with van der Waals surface area (Å²) < 4.78 is 6.23. The van der Waals surface area contributed by atoms with Crippen LogP contribution in [0.3, 0.4) is 0 Å². The van der Waals surface area contributed by atoms with Crippen LogP contribution in [0, 0.1) is 17.0 Å². The van der Waals surface area contributed by atoms with Gasteiger partial charge in [-0.1, -0.05) is 6.92 Å². The number of aryl methyl sites for hydroxylation is 1. The number of halogens is 1. The molecule has 0 aliphatic heterocycles. The molecule has 2 N–H and O–H groups in total. The van der Waals surface area contributed by atoms with Crippen molar-refractivity contribution in [1.29, 1.82) is 0 Å². The molecule has 0 fully saturated rings. The SMILES string of the molecule is CCCOc1ccc(C(=O)NC(=S)Nc2ccc([N+](=O)[O-])cc2C)cc1Br. The zero-order valence-electron chi connectivity index (χ0n) is 14.7. The maximum Gasteiger partial charge on any atom is 0.269 e. The summed E-state index contributed by atoms with van der Waals surface area (Å²) in [5.74, 6) is 0.283. The summed E-state index contributed by atoms with van der Waals surface area (Å²) in [5.41, 5.74) is 1.62. The molecule has 0 aromatic heterocycles. The number of hydrogen-bond acceptors (Lipinski definition) is 5. The monoisotopic (exact) mass is 451 g/mol. The fraction of sp³-hybridized carbons (Fsp3) is 0.222. The average molecular weight is 452 g/mol. The van der Waals surface area contributed by atoms with Gasteiger partial charge in [-0.2, -0.15) is 0 Å². The smallest absolute Gasteiger partial charge is 0.269 e. The number of benzene rings is 2. The fourth-order valence-electron chi connectivity index (χ4n) is 2.20. The Labute approximate surface area is 170 Å². The molecule has 0 radical (unpaired) electrons. The van der Waals surface area contributed by atoms with Gasteiger partial charge >= 0.3 is 0 Å². The van der Waals surface area contributed by atoms with E-state index in [-0.39, 0.29) is 16.7 Å². The second kappa shape index (κ2) is 9.43. The zero-order valence-corrected chi connectivity index (χ0v) is 17.1. The van der Waals surface area contributed by atoms with Crippen LogP contribution < -0.4 is 15.4 Å². The Kier molecular flexibility index (Phi) is 7.26. The Morgan fingerprint density at radius 1 is 1.30 bits per heavy atom. The number of nitro groups is 1. The van der Waals surface area contributed by atoms with Gasteiger partial charge in [0.2, 0.25) is 0 Å². The van der Waals surface area contributed by atoms with Crippen molar-refractivity contribution in [2.75, 3.05) is 11.9 Å². The fourth-order valence-corrected chi connectivity index (χ4v) is 2.90. The molecule has 0 aliphatic rings. The van der Waals surface area contributed by atoms with Gasteiger partial charge in [-0.05, 0) is 71.3 Å². The van der Waals surface area contributed by atoms with Crippen LogP contribution in [-0.2, 0) is 0 Å². The molecule has 2 aromatic rings. The Morgan fingerprint density at radius 2 is 2.04 bits per heavy atom. The van der Waals surface area contributed by atoms with Crippen molar-refractivity contribution in [1.82, 2.24) is 5.32 Å². The summed E-state index contributed by atoms with van der Waals surface area (Å²) in [6.07, 6.45) is 0.886. The number of amides is 1. The second-order valence-electron chi connectivity index (χ2n) is 5.66. The third-order valence-electron chi connectivity index (χ3n) is 3.55.